The minimum atomic E-state index is 0.173. The van der Waals surface area contributed by atoms with Gasteiger partial charge in [-0.15, -0.1) is 0 Å². The largest absolute Gasteiger partial charge is 0.396 e. The maximum Gasteiger partial charge on any atom is 0.124 e. The van der Waals surface area contributed by atoms with Crippen LogP contribution in [-0.4, -0.2) is 34.3 Å². The van der Waals surface area contributed by atoms with Gasteiger partial charge >= 0.3 is 0 Å². The van der Waals surface area contributed by atoms with E-state index in [1.54, 1.807) is 6.20 Å². The van der Waals surface area contributed by atoms with E-state index in [-0.39, 0.29) is 6.61 Å². The van der Waals surface area contributed by atoms with Gasteiger partial charge in [0.1, 0.15) is 10.7 Å². The summed E-state index contributed by atoms with van der Waals surface area (Å²) in [6.45, 7) is 5.11. The fourth-order valence-electron chi connectivity index (χ4n) is 1.72. The molecule has 94 valence electrons. The standard InChI is InChI=1S/C12H19N3OS/c1-9(2)15(7-4-8-16)10-5-3-6-14-11(10)12(13)17/h3,5-6,9,16H,4,7-8H2,1-2H3,(H2,13,17). The average molecular weight is 253 g/mol. The molecule has 3 N–H and O–H groups in total. The van der Waals surface area contributed by atoms with Crippen LogP contribution in [0.4, 0.5) is 5.69 Å². The van der Waals surface area contributed by atoms with Gasteiger partial charge in [0.15, 0.2) is 0 Å². The van der Waals surface area contributed by atoms with Crippen molar-refractivity contribution in [3.63, 3.8) is 0 Å². The van der Waals surface area contributed by atoms with Crippen molar-refractivity contribution < 1.29 is 5.11 Å². The molecule has 1 rings (SSSR count). The molecule has 0 aromatic carbocycles. The van der Waals surface area contributed by atoms with Gasteiger partial charge in [0.25, 0.3) is 0 Å². The van der Waals surface area contributed by atoms with Crippen molar-refractivity contribution in [3.8, 4) is 0 Å². The molecule has 4 nitrogen and oxygen atoms in total. The lowest BCUT2D eigenvalue weighted by molar-refractivity contribution is 0.288. The summed E-state index contributed by atoms with van der Waals surface area (Å²) < 4.78 is 0. The molecule has 0 saturated heterocycles. The number of aromatic nitrogens is 1. The Kier molecular flexibility index (Phi) is 5.31. The maximum absolute atomic E-state index is 8.93. The second kappa shape index (κ2) is 6.51. The van der Waals surface area contributed by atoms with Crippen molar-refractivity contribution in [1.29, 1.82) is 0 Å². The van der Waals surface area contributed by atoms with Crippen molar-refractivity contribution >= 4 is 22.9 Å². The number of nitrogens with zero attached hydrogens (tertiary/aromatic N) is 2. The summed E-state index contributed by atoms with van der Waals surface area (Å²) in [5.74, 6) is 0. The highest BCUT2D eigenvalue weighted by Gasteiger charge is 2.15. The fourth-order valence-corrected chi connectivity index (χ4v) is 1.87. The van der Waals surface area contributed by atoms with Crippen molar-refractivity contribution in [3.05, 3.63) is 24.0 Å². The Morgan fingerprint density at radius 3 is 2.82 bits per heavy atom. The first-order valence-corrected chi connectivity index (χ1v) is 6.11. The number of pyridine rings is 1. The van der Waals surface area contributed by atoms with E-state index < -0.39 is 0 Å². The lowest BCUT2D eigenvalue weighted by atomic mass is 10.2. The Morgan fingerprint density at radius 1 is 1.59 bits per heavy atom. The predicted molar refractivity (Wildman–Crippen MR) is 74.3 cm³/mol. The van der Waals surface area contributed by atoms with E-state index in [1.165, 1.54) is 0 Å². The molecule has 0 spiro atoms. The third-order valence-electron chi connectivity index (χ3n) is 2.51. The van der Waals surface area contributed by atoms with E-state index in [4.69, 9.17) is 23.1 Å². The number of nitrogens with two attached hydrogens (primary N) is 1. The summed E-state index contributed by atoms with van der Waals surface area (Å²) >= 11 is 5.01. The number of thiocarbonyl (C=S) groups is 1. The second-order valence-electron chi connectivity index (χ2n) is 4.10. The third-order valence-corrected chi connectivity index (χ3v) is 2.70. The van der Waals surface area contributed by atoms with E-state index >= 15 is 0 Å². The van der Waals surface area contributed by atoms with Gasteiger partial charge in [-0.25, -0.2) is 0 Å². The van der Waals surface area contributed by atoms with Gasteiger partial charge in [-0.2, -0.15) is 0 Å². The molecule has 0 fully saturated rings. The molecular formula is C12H19N3OS. The Hall–Kier alpha value is -1.20. The van der Waals surface area contributed by atoms with Gasteiger partial charge < -0.3 is 15.7 Å². The average Bonchev–Trinajstić information content (AvgIpc) is 2.29. The number of aliphatic hydroxyl groups is 1. The van der Waals surface area contributed by atoms with Crippen LogP contribution in [0.5, 0.6) is 0 Å². The van der Waals surface area contributed by atoms with Gasteiger partial charge in [-0.3, -0.25) is 4.98 Å². The monoisotopic (exact) mass is 253 g/mol. The number of hydrogen-bond acceptors (Lipinski definition) is 4. The van der Waals surface area contributed by atoms with Crippen molar-refractivity contribution in [2.24, 2.45) is 5.73 Å². The zero-order valence-electron chi connectivity index (χ0n) is 10.3. The summed E-state index contributed by atoms with van der Waals surface area (Å²) in [4.78, 5) is 6.67. The van der Waals surface area contributed by atoms with Crippen LogP contribution in [0.1, 0.15) is 26.0 Å². The maximum atomic E-state index is 8.93. The Balaban J connectivity index is 3.04. The molecule has 0 aliphatic rings. The lowest BCUT2D eigenvalue weighted by Gasteiger charge is -2.30. The summed E-state index contributed by atoms with van der Waals surface area (Å²) in [5, 5.41) is 8.93. The van der Waals surface area contributed by atoms with E-state index in [0.717, 1.165) is 12.2 Å². The molecule has 17 heavy (non-hydrogen) atoms. The second-order valence-corrected chi connectivity index (χ2v) is 4.54. The highest BCUT2D eigenvalue weighted by atomic mass is 32.1. The quantitative estimate of drug-likeness (QED) is 0.749. The number of rotatable bonds is 6. The van der Waals surface area contributed by atoms with Crippen LogP contribution in [0.3, 0.4) is 0 Å². The van der Waals surface area contributed by atoms with Crippen molar-refractivity contribution in [2.75, 3.05) is 18.1 Å². The molecule has 0 saturated carbocycles. The summed E-state index contributed by atoms with van der Waals surface area (Å²) in [5.41, 5.74) is 7.26. The Labute approximate surface area is 107 Å². The van der Waals surface area contributed by atoms with Crippen LogP contribution in [-0.2, 0) is 0 Å². The topological polar surface area (TPSA) is 62.4 Å². The van der Waals surface area contributed by atoms with Crippen LogP contribution in [0.15, 0.2) is 18.3 Å². The highest BCUT2D eigenvalue weighted by Crippen LogP contribution is 2.20. The molecule has 1 aromatic heterocycles. The fraction of sp³-hybridized carbons (Fsp3) is 0.500. The molecule has 0 amide bonds. The van der Waals surface area contributed by atoms with Gasteiger partial charge in [-0.05, 0) is 32.4 Å². The molecule has 1 aromatic rings. The van der Waals surface area contributed by atoms with Crippen molar-refractivity contribution in [1.82, 2.24) is 4.98 Å². The number of aliphatic hydroxyl groups excluding tert-OH is 1. The highest BCUT2D eigenvalue weighted by molar-refractivity contribution is 7.80. The molecule has 0 aliphatic heterocycles. The summed E-state index contributed by atoms with van der Waals surface area (Å²) in [6, 6.07) is 4.13. The SMILES string of the molecule is CC(C)N(CCCO)c1cccnc1C(N)=S. The molecule has 0 bridgehead atoms. The van der Waals surface area contributed by atoms with E-state index in [1.807, 2.05) is 12.1 Å². The van der Waals surface area contributed by atoms with Crippen molar-refractivity contribution in [2.45, 2.75) is 26.3 Å². The normalized spacial score (nSPS) is 10.6. The van der Waals surface area contributed by atoms with E-state index in [0.29, 0.717) is 23.1 Å². The summed E-state index contributed by atoms with van der Waals surface area (Å²) in [7, 11) is 0. The van der Waals surface area contributed by atoms with Gasteiger partial charge in [0.05, 0.1) is 5.69 Å². The van der Waals surface area contributed by atoms with Gasteiger partial charge in [0.2, 0.25) is 0 Å². The first-order valence-electron chi connectivity index (χ1n) is 5.70. The zero-order valence-corrected chi connectivity index (χ0v) is 11.1. The van der Waals surface area contributed by atoms with Crippen LogP contribution in [0, 0.1) is 0 Å². The molecule has 0 radical (unpaired) electrons. The minimum absolute atomic E-state index is 0.173. The van der Waals surface area contributed by atoms with Crippen LogP contribution in [0.25, 0.3) is 0 Å². The van der Waals surface area contributed by atoms with Gasteiger partial charge in [0, 0.05) is 25.4 Å². The smallest absolute Gasteiger partial charge is 0.124 e. The number of anilines is 1. The first kappa shape index (κ1) is 13.9. The molecule has 0 atom stereocenters. The third kappa shape index (κ3) is 3.64. The molecule has 0 aliphatic carbocycles. The number of hydrogen-bond donors (Lipinski definition) is 2. The zero-order chi connectivity index (χ0) is 12.8. The van der Waals surface area contributed by atoms with Crippen LogP contribution >= 0.6 is 12.2 Å². The summed E-state index contributed by atoms with van der Waals surface area (Å²) in [6.07, 6.45) is 2.40. The predicted octanol–water partition coefficient (Wildman–Crippen LogP) is 1.31. The molecule has 5 heteroatoms. The van der Waals surface area contributed by atoms with Crippen LogP contribution < -0.4 is 10.6 Å². The lowest BCUT2D eigenvalue weighted by Crippen LogP contribution is -2.34. The van der Waals surface area contributed by atoms with E-state index in [2.05, 4.69) is 23.7 Å². The molecule has 1 heterocycles. The van der Waals surface area contributed by atoms with Gasteiger partial charge in [-0.1, -0.05) is 12.2 Å². The minimum Gasteiger partial charge on any atom is -0.396 e. The Bertz CT molecular complexity index is 382. The Morgan fingerprint density at radius 2 is 2.29 bits per heavy atom. The van der Waals surface area contributed by atoms with E-state index in [9.17, 15) is 0 Å². The van der Waals surface area contributed by atoms with Crippen LogP contribution in [0.2, 0.25) is 0 Å². The molecule has 0 unspecified atom stereocenters. The first-order chi connectivity index (χ1) is 8.07. The molecular weight excluding hydrogens is 234 g/mol.